The Hall–Kier alpha value is -2.83. The highest BCUT2D eigenvalue weighted by atomic mass is 16.5. The molecule has 7 heteroatoms. The minimum absolute atomic E-state index is 0.000295. The molecule has 1 heterocycles. The van der Waals surface area contributed by atoms with E-state index >= 15 is 0 Å². The van der Waals surface area contributed by atoms with Gasteiger partial charge in [0.05, 0.1) is 31.8 Å². The fourth-order valence-corrected chi connectivity index (χ4v) is 2.38. The molecule has 0 spiro atoms. The van der Waals surface area contributed by atoms with Crippen molar-refractivity contribution >= 4 is 17.8 Å². The Balaban J connectivity index is 2.00. The van der Waals surface area contributed by atoms with E-state index in [0.717, 1.165) is 11.6 Å². The molecule has 0 bridgehead atoms. The summed E-state index contributed by atoms with van der Waals surface area (Å²) in [7, 11) is 1.23. The molecule has 0 aliphatic carbocycles. The number of nitrogens with one attached hydrogen (secondary N) is 2. The van der Waals surface area contributed by atoms with Crippen LogP contribution in [0.1, 0.15) is 36.7 Å². The van der Waals surface area contributed by atoms with E-state index in [1.807, 2.05) is 12.1 Å². The Morgan fingerprint density at radius 2 is 1.73 bits per heavy atom. The van der Waals surface area contributed by atoms with Gasteiger partial charge in [0.1, 0.15) is 11.8 Å². The number of rotatable bonds is 3. The van der Waals surface area contributed by atoms with E-state index in [9.17, 15) is 14.4 Å². The van der Waals surface area contributed by atoms with E-state index in [4.69, 9.17) is 4.74 Å². The van der Waals surface area contributed by atoms with Crippen LogP contribution in [-0.2, 0) is 24.5 Å². The molecule has 1 aromatic carbocycles. The van der Waals surface area contributed by atoms with Crippen molar-refractivity contribution in [1.82, 2.24) is 10.6 Å². The van der Waals surface area contributed by atoms with E-state index in [0.29, 0.717) is 5.56 Å². The molecule has 26 heavy (non-hydrogen) atoms. The van der Waals surface area contributed by atoms with Gasteiger partial charge in [0.25, 0.3) is 5.91 Å². The Morgan fingerprint density at radius 1 is 1.12 bits per heavy atom. The predicted molar refractivity (Wildman–Crippen MR) is 95.5 cm³/mol. The van der Waals surface area contributed by atoms with Crippen LogP contribution in [0.5, 0.6) is 0 Å². The highest BCUT2D eigenvalue weighted by Crippen LogP contribution is 2.22. The molecule has 1 aliphatic heterocycles. The molecule has 1 unspecified atom stereocenters. The van der Waals surface area contributed by atoms with E-state index in [1.54, 1.807) is 12.1 Å². The van der Waals surface area contributed by atoms with Gasteiger partial charge in [-0.3, -0.25) is 4.79 Å². The van der Waals surface area contributed by atoms with Crippen LogP contribution in [0.3, 0.4) is 0 Å². The SMILES string of the molecule is COC(=O)/C=C1/NCC(OC(=O)c2ccc(C(C)(C)C)cc2)CNC1=O. The van der Waals surface area contributed by atoms with Crippen molar-refractivity contribution in [2.45, 2.75) is 32.3 Å². The summed E-state index contributed by atoms with van der Waals surface area (Å²) in [4.78, 5) is 35.5. The van der Waals surface area contributed by atoms with Crippen molar-refractivity contribution in [3.63, 3.8) is 0 Å². The smallest absolute Gasteiger partial charge is 0.338 e. The monoisotopic (exact) mass is 360 g/mol. The lowest BCUT2D eigenvalue weighted by Gasteiger charge is -2.19. The zero-order valence-corrected chi connectivity index (χ0v) is 15.4. The molecular weight excluding hydrogens is 336 g/mol. The van der Waals surface area contributed by atoms with Crippen LogP contribution >= 0.6 is 0 Å². The molecule has 0 aromatic heterocycles. The third-order valence-corrected chi connectivity index (χ3v) is 3.98. The van der Waals surface area contributed by atoms with Crippen molar-refractivity contribution in [2.75, 3.05) is 20.2 Å². The van der Waals surface area contributed by atoms with E-state index in [1.165, 1.54) is 7.11 Å². The molecule has 0 saturated carbocycles. The maximum atomic E-state index is 12.3. The Morgan fingerprint density at radius 3 is 2.31 bits per heavy atom. The first-order valence-corrected chi connectivity index (χ1v) is 8.34. The molecule has 1 amide bonds. The first-order chi connectivity index (χ1) is 12.2. The summed E-state index contributed by atoms with van der Waals surface area (Å²) in [5.74, 6) is -1.56. The van der Waals surface area contributed by atoms with Crippen LogP contribution in [0.2, 0.25) is 0 Å². The predicted octanol–water partition coefficient (Wildman–Crippen LogP) is 1.29. The lowest BCUT2D eigenvalue weighted by atomic mass is 9.87. The Labute approximate surface area is 152 Å². The van der Waals surface area contributed by atoms with Crippen LogP contribution in [0.4, 0.5) is 0 Å². The number of ether oxygens (including phenoxy) is 2. The molecule has 7 nitrogen and oxygen atoms in total. The standard InChI is InChI=1S/C19H24N2O5/c1-19(2,3)13-7-5-12(6-8-13)18(24)26-14-10-20-15(9-16(22)25-4)17(23)21-11-14/h5-9,14,20H,10-11H2,1-4H3,(H,21,23)/b15-9+. The number of amides is 1. The molecule has 1 atom stereocenters. The second kappa shape index (κ2) is 8.03. The number of carbonyl (C=O) groups is 3. The summed E-state index contributed by atoms with van der Waals surface area (Å²) in [6, 6.07) is 7.27. The quantitative estimate of drug-likeness (QED) is 0.623. The van der Waals surface area contributed by atoms with E-state index in [-0.39, 0.29) is 24.2 Å². The third kappa shape index (κ3) is 5.08. The van der Waals surface area contributed by atoms with Gasteiger partial charge >= 0.3 is 11.9 Å². The maximum absolute atomic E-state index is 12.3. The molecule has 1 aromatic rings. The van der Waals surface area contributed by atoms with E-state index in [2.05, 4.69) is 36.1 Å². The van der Waals surface area contributed by atoms with Crippen molar-refractivity contribution in [3.05, 3.63) is 47.2 Å². The number of esters is 2. The van der Waals surface area contributed by atoms with Crippen LogP contribution in [0.15, 0.2) is 36.0 Å². The maximum Gasteiger partial charge on any atom is 0.338 e. The zero-order chi connectivity index (χ0) is 19.3. The Kier molecular flexibility index (Phi) is 6.02. The third-order valence-electron chi connectivity index (χ3n) is 3.98. The summed E-state index contributed by atoms with van der Waals surface area (Å²) in [5, 5.41) is 5.41. The first-order valence-electron chi connectivity index (χ1n) is 8.34. The van der Waals surface area contributed by atoms with Crippen molar-refractivity contribution < 1.29 is 23.9 Å². The highest BCUT2D eigenvalue weighted by Gasteiger charge is 2.24. The average molecular weight is 360 g/mol. The van der Waals surface area contributed by atoms with Crippen LogP contribution in [0, 0.1) is 0 Å². The second-order valence-corrected chi connectivity index (χ2v) is 7.03. The van der Waals surface area contributed by atoms with Gasteiger partial charge in [-0.25, -0.2) is 9.59 Å². The molecule has 0 radical (unpaired) electrons. The minimum atomic E-state index is -0.642. The van der Waals surface area contributed by atoms with E-state index < -0.39 is 23.9 Å². The van der Waals surface area contributed by atoms with Gasteiger partial charge in [0, 0.05) is 0 Å². The molecule has 2 N–H and O–H groups in total. The van der Waals surface area contributed by atoms with Crippen molar-refractivity contribution in [2.24, 2.45) is 0 Å². The highest BCUT2D eigenvalue weighted by molar-refractivity contribution is 5.99. The fraction of sp³-hybridized carbons (Fsp3) is 0.421. The minimum Gasteiger partial charge on any atom is -0.466 e. The van der Waals surface area contributed by atoms with Gasteiger partial charge in [-0.2, -0.15) is 0 Å². The fourth-order valence-electron chi connectivity index (χ4n) is 2.38. The topological polar surface area (TPSA) is 93.7 Å². The Bertz CT molecular complexity index is 716. The van der Waals surface area contributed by atoms with Crippen molar-refractivity contribution in [1.29, 1.82) is 0 Å². The van der Waals surface area contributed by atoms with Gasteiger partial charge < -0.3 is 20.1 Å². The summed E-state index contributed by atoms with van der Waals surface area (Å²) >= 11 is 0. The van der Waals surface area contributed by atoms with Crippen LogP contribution < -0.4 is 10.6 Å². The second-order valence-electron chi connectivity index (χ2n) is 7.03. The number of methoxy groups -OCH3 is 1. The number of carbonyl (C=O) groups excluding carboxylic acids is 3. The summed E-state index contributed by atoms with van der Waals surface area (Å²) in [6.45, 7) is 6.64. The van der Waals surface area contributed by atoms with Gasteiger partial charge in [0.2, 0.25) is 0 Å². The first kappa shape index (κ1) is 19.5. The molecule has 140 valence electrons. The van der Waals surface area contributed by atoms with Gasteiger partial charge in [0.15, 0.2) is 0 Å². The summed E-state index contributed by atoms with van der Waals surface area (Å²) in [5.41, 5.74) is 1.64. The van der Waals surface area contributed by atoms with Crippen LogP contribution in [-0.4, -0.2) is 44.1 Å². The average Bonchev–Trinajstić information content (AvgIpc) is 2.77. The van der Waals surface area contributed by atoms with Gasteiger partial charge in [-0.05, 0) is 23.1 Å². The molecule has 1 aliphatic rings. The molecule has 1 fully saturated rings. The summed E-state index contributed by atoms with van der Waals surface area (Å²) < 4.78 is 9.96. The zero-order valence-electron chi connectivity index (χ0n) is 15.4. The summed E-state index contributed by atoms with van der Waals surface area (Å²) in [6.07, 6.45) is 0.502. The van der Waals surface area contributed by atoms with Gasteiger partial charge in [-0.15, -0.1) is 0 Å². The number of benzene rings is 1. The number of hydrogen-bond donors (Lipinski definition) is 2. The van der Waals surface area contributed by atoms with Crippen LogP contribution in [0.25, 0.3) is 0 Å². The molecule has 2 rings (SSSR count). The van der Waals surface area contributed by atoms with Crippen molar-refractivity contribution in [3.8, 4) is 0 Å². The van der Waals surface area contributed by atoms with Gasteiger partial charge in [-0.1, -0.05) is 32.9 Å². The largest absolute Gasteiger partial charge is 0.466 e. The molecular formula is C19H24N2O5. The lowest BCUT2D eigenvalue weighted by Crippen LogP contribution is -2.34. The number of hydrogen-bond acceptors (Lipinski definition) is 6. The lowest BCUT2D eigenvalue weighted by molar-refractivity contribution is -0.135. The normalized spacial score (nSPS) is 19.2. The molecule has 1 saturated heterocycles.